The first-order valence-electron chi connectivity index (χ1n) is 9.20. The van der Waals surface area contributed by atoms with Crippen LogP contribution in [-0.2, 0) is 4.74 Å². The van der Waals surface area contributed by atoms with Gasteiger partial charge in [0.15, 0.2) is 0 Å². The Morgan fingerprint density at radius 1 is 0.962 bits per heavy atom. The molecule has 0 N–H and O–H groups in total. The van der Waals surface area contributed by atoms with E-state index in [-0.39, 0.29) is 11.8 Å². The number of carbonyl (C=O) groups is 1. The fourth-order valence-corrected chi connectivity index (χ4v) is 3.82. The van der Waals surface area contributed by atoms with Gasteiger partial charge in [-0.25, -0.2) is 9.18 Å². The Morgan fingerprint density at radius 2 is 1.69 bits per heavy atom. The molecule has 4 heteroatoms. The molecule has 0 aromatic heterocycles. The van der Waals surface area contributed by atoms with Crippen molar-refractivity contribution >= 4 is 5.97 Å². The number of ether oxygens (including phenoxy) is 2. The van der Waals surface area contributed by atoms with Gasteiger partial charge in [0.1, 0.15) is 11.6 Å². The van der Waals surface area contributed by atoms with Gasteiger partial charge in [-0.1, -0.05) is 31.7 Å². The molecule has 0 saturated heterocycles. The Kier molecular flexibility index (Phi) is 5.92. The molecule has 2 aromatic carbocycles. The molecular weight excluding hydrogens is 331 g/mol. The van der Waals surface area contributed by atoms with E-state index >= 15 is 0 Å². The van der Waals surface area contributed by atoms with Gasteiger partial charge in [-0.3, -0.25) is 0 Å². The number of hydrogen-bond donors (Lipinski definition) is 0. The number of carbonyl (C=O) groups excluding carboxylic acids is 1. The third kappa shape index (κ3) is 3.90. The third-order valence-electron chi connectivity index (χ3n) is 5.23. The van der Waals surface area contributed by atoms with Gasteiger partial charge in [-0.15, -0.1) is 0 Å². The summed E-state index contributed by atoms with van der Waals surface area (Å²) in [7, 11) is 2.95. The van der Waals surface area contributed by atoms with Crippen LogP contribution in [0.2, 0.25) is 0 Å². The van der Waals surface area contributed by atoms with Gasteiger partial charge in [-0.2, -0.15) is 0 Å². The van der Waals surface area contributed by atoms with Crippen LogP contribution in [0, 0.1) is 5.82 Å². The summed E-state index contributed by atoms with van der Waals surface area (Å²) in [5.74, 6) is 0.289. The van der Waals surface area contributed by atoms with Gasteiger partial charge in [0, 0.05) is 5.56 Å². The molecule has 3 rings (SSSR count). The van der Waals surface area contributed by atoms with E-state index in [2.05, 4.69) is 0 Å². The Balaban J connectivity index is 2.13. The predicted molar refractivity (Wildman–Crippen MR) is 100 cm³/mol. The highest BCUT2D eigenvalue weighted by atomic mass is 19.1. The zero-order chi connectivity index (χ0) is 18.5. The molecule has 26 heavy (non-hydrogen) atoms. The van der Waals surface area contributed by atoms with E-state index in [1.165, 1.54) is 26.0 Å². The van der Waals surface area contributed by atoms with Crippen LogP contribution in [0.4, 0.5) is 4.39 Å². The SMILES string of the molecule is COC(=O)c1ccc(-c2cc(OC)ccc2F)c(C2CCCCCC2)c1. The fraction of sp³-hybridized carbons (Fsp3) is 0.409. The minimum atomic E-state index is -0.363. The average Bonchev–Trinajstić information content (AvgIpc) is 2.97. The smallest absolute Gasteiger partial charge is 0.337 e. The lowest BCUT2D eigenvalue weighted by atomic mass is 9.84. The molecule has 1 aliphatic carbocycles. The molecule has 0 heterocycles. The van der Waals surface area contributed by atoms with Crippen molar-refractivity contribution in [2.75, 3.05) is 14.2 Å². The van der Waals surface area contributed by atoms with Crippen LogP contribution >= 0.6 is 0 Å². The van der Waals surface area contributed by atoms with Gasteiger partial charge in [0.05, 0.1) is 19.8 Å². The molecule has 138 valence electrons. The third-order valence-corrected chi connectivity index (χ3v) is 5.23. The molecule has 0 aliphatic heterocycles. The number of rotatable bonds is 4. The first-order chi connectivity index (χ1) is 12.6. The van der Waals surface area contributed by atoms with Gasteiger partial charge in [-0.05, 0) is 60.2 Å². The maximum atomic E-state index is 14.6. The van der Waals surface area contributed by atoms with Crippen molar-refractivity contribution in [1.29, 1.82) is 0 Å². The van der Waals surface area contributed by atoms with Gasteiger partial charge >= 0.3 is 5.97 Å². The largest absolute Gasteiger partial charge is 0.497 e. The number of hydrogen-bond acceptors (Lipinski definition) is 3. The number of methoxy groups -OCH3 is 2. The van der Waals surface area contributed by atoms with Crippen LogP contribution < -0.4 is 4.74 Å². The highest BCUT2D eigenvalue weighted by molar-refractivity contribution is 5.90. The minimum absolute atomic E-state index is 0.286. The second-order valence-electron chi connectivity index (χ2n) is 6.83. The van der Waals surface area contributed by atoms with E-state index in [4.69, 9.17) is 9.47 Å². The quantitative estimate of drug-likeness (QED) is 0.519. The van der Waals surface area contributed by atoms with Crippen molar-refractivity contribution < 1.29 is 18.7 Å². The van der Waals surface area contributed by atoms with Gasteiger partial charge in [0.25, 0.3) is 0 Å². The monoisotopic (exact) mass is 356 g/mol. The summed E-state index contributed by atoms with van der Waals surface area (Å²) in [4.78, 5) is 12.0. The highest BCUT2D eigenvalue weighted by Gasteiger charge is 2.22. The Hall–Kier alpha value is -2.36. The maximum absolute atomic E-state index is 14.6. The van der Waals surface area contributed by atoms with E-state index in [9.17, 15) is 9.18 Å². The van der Waals surface area contributed by atoms with Crippen molar-refractivity contribution in [2.45, 2.75) is 44.4 Å². The van der Waals surface area contributed by atoms with Crippen LogP contribution in [0.5, 0.6) is 5.75 Å². The van der Waals surface area contributed by atoms with Crippen LogP contribution in [-0.4, -0.2) is 20.2 Å². The number of esters is 1. The van der Waals surface area contributed by atoms with Crippen molar-refractivity contribution in [3.8, 4) is 16.9 Å². The molecule has 2 aromatic rings. The Bertz CT molecular complexity index is 777. The predicted octanol–water partition coefficient (Wildman–Crippen LogP) is 5.73. The second-order valence-corrected chi connectivity index (χ2v) is 6.83. The maximum Gasteiger partial charge on any atom is 0.337 e. The van der Waals surface area contributed by atoms with Crippen molar-refractivity contribution in [3.05, 3.63) is 53.3 Å². The minimum Gasteiger partial charge on any atom is -0.497 e. The zero-order valence-corrected chi connectivity index (χ0v) is 15.4. The molecule has 0 spiro atoms. The lowest BCUT2D eigenvalue weighted by molar-refractivity contribution is 0.0600. The summed E-state index contributed by atoms with van der Waals surface area (Å²) in [5, 5.41) is 0. The van der Waals surface area contributed by atoms with Crippen LogP contribution in [0.1, 0.15) is 60.4 Å². The summed E-state index contributed by atoms with van der Waals surface area (Å²) in [6.45, 7) is 0. The molecule has 3 nitrogen and oxygen atoms in total. The standard InChI is InChI=1S/C22H25FO3/c1-25-17-10-12-21(23)20(14-17)18-11-9-16(22(24)26-2)13-19(18)15-7-5-3-4-6-8-15/h9-15H,3-8H2,1-2H3. The first-order valence-corrected chi connectivity index (χ1v) is 9.20. The molecule has 0 radical (unpaired) electrons. The van der Waals surface area contributed by atoms with Crippen molar-refractivity contribution in [1.82, 2.24) is 0 Å². The Labute approximate surface area is 154 Å². The molecule has 0 atom stereocenters. The summed E-state index contributed by atoms with van der Waals surface area (Å²) < 4.78 is 24.7. The average molecular weight is 356 g/mol. The van der Waals surface area contributed by atoms with E-state index in [0.717, 1.165) is 36.8 Å². The van der Waals surface area contributed by atoms with Gasteiger partial charge in [0.2, 0.25) is 0 Å². The van der Waals surface area contributed by atoms with Crippen LogP contribution in [0.15, 0.2) is 36.4 Å². The first kappa shape index (κ1) is 18.4. The molecule has 0 unspecified atom stereocenters. The molecule has 0 amide bonds. The van der Waals surface area contributed by atoms with E-state index in [1.807, 2.05) is 12.1 Å². The normalized spacial score (nSPS) is 15.3. The van der Waals surface area contributed by atoms with Gasteiger partial charge < -0.3 is 9.47 Å². The summed E-state index contributed by atoms with van der Waals surface area (Å²) in [5.41, 5.74) is 2.89. The lowest BCUT2D eigenvalue weighted by Gasteiger charge is -2.20. The molecule has 0 bridgehead atoms. The lowest BCUT2D eigenvalue weighted by Crippen LogP contribution is -2.06. The number of halogens is 1. The van der Waals surface area contributed by atoms with Crippen LogP contribution in [0.3, 0.4) is 0 Å². The van der Waals surface area contributed by atoms with Crippen LogP contribution in [0.25, 0.3) is 11.1 Å². The summed E-state index contributed by atoms with van der Waals surface area (Å²) >= 11 is 0. The molecular formula is C22H25FO3. The van der Waals surface area contributed by atoms with Crippen molar-refractivity contribution in [3.63, 3.8) is 0 Å². The summed E-state index contributed by atoms with van der Waals surface area (Å²) in [6.07, 6.45) is 6.90. The Morgan fingerprint density at radius 3 is 2.35 bits per heavy atom. The second kappa shape index (κ2) is 8.35. The fourth-order valence-electron chi connectivity index (χ4n) is 3.82. The topological polar surface area (TPSA) is 35.5 Å². The summed E-state index contributed by atoms with van der Waals surface area (Å²) in [6, 6.07) is 10.2. The number of benzene rings is 2. The zero-order valence-electron chi connectivity index (χ0n) is 15.4. The van der Waals surface area contributed by atoms with E-state index in [0.29, 0.717) is 22.8 Å². The molecule has 1 saturated carbocycles. The molecule has 1 aliphatic rings. The molecule has 1 fully saturated rings. The van der Waals surface area contributed by atoms with E-state index in [1.54, 1.807) is 25.3 Å². The highest BCUT2D eigenvalue weighted by Crippen LogP contribution is 2.39. The van der Waals surface area contributed by atoms with Crippen molar-refractivity contribution in [2.24, 2.45) is 0 Å². The van der Waals surface area contributed by atoms with E-state index < -0.39 is 0 Å².